The lowest BCUT2D eigenvalue weighted by Gasteiger charge is -2.07. The molecule has 168 valence electrons. The number of aromatic nitrogens is 2. The molecule has 2 amide bonds. The standard InChI is InChI=1S/C26H18Cl2N4O2/c27-23-21(3-1-15-29-23)31-25(33)19-11-7-17(8-12-19)5-6-18-9-13-20(14-10-18)26(34)32-22-4-2-16-30-24(22)28/h1-16H,(H,31,33)(H,32,34). The highest BCUT2D eigenvalue weighted by Gasteiger charge is 2.09. The van der Waals surface area contributed by atoms with Gasteiger partial charge in [0, 0.05) is 23.5 Å². The lowest BCUT2D eigenvalue weighted by Crippen LogP contribution is -2.12. The monoisotopic (exact) mass is 488 g/mol. The van der Waals surface area contributed by atoms with Crippen LogP contribution in [0.4, 0.5) is 11.4 Å². The molecule has 4 rings (SSSR count). The van der Waals surface area contributed by atoms with Crippen LogP contribution in [0.25, 0.3) is 12.2 Å². The van der Waals surface area contributed by atoms with E-state index in [0.29, 0.717) is 22.5 Å². The third kappa shape index (κ3) is 5.86. The molecule has 0 aliphatic heterocycles. The van der Waals surface area contributed by atoms with Gasteiger partial charge in [0.25, 0.3) is 11.8 Å². The van der Waals surface area contributed by atoms with E-state index in [1.165, 1.54) is 0 Å². The van der Waals surface area contributed by atoms with Gasteiger partial charge >= 0.3 is 0 Å². The number of rotatable bonds is 6. The number of amides is 2. The van der Waals surface area contributed by atoms with Crippen LogP contribution in [-0.4, -0.2) is 21.8 Å². The molecule has 0 radical (unpaired) electrons. The summed E-state index contributed by atoms with van der Waals surface area (Å²) >= 11 is 12.0. The van der Waals surface area contributed by atoms with Crippen molar-refractivity contribution in [2.45, 2.75) is 0 Å². The van der Waals surface area contributed by atoms with Gasteiger partial charge in [-0.05, 0) is 59.7 Å². The Morgan fingerprint density at radius 1 is 0.618 bits per heavy atom. The Balaban J connectivity index is 1.37. The third-order valence-corrected chi connectivity index (χ3v) is 5.43. The Bertz CT molecular complexity index is 1250. The van der Waals surface area contributed by atoms with Crippen LogP contribution >= 0.6 is 23.2 Å². The highest BCUT2D eigenvalue weighted by Crippen LogP contribution is 2.20. The van der Waals surface area contributed by atoms with Gasteiger partial charge in [0.2, 0.25) is 0 Å². The van der Waals surface area contributed by atoms with Crippen LogP contribution < -0.4 is 10.6 Å². The molecule has 8 heteroatoms. The molecule has 6 nitrogen and oxygen atoms in total. The van der Waals surface area contributed by atoms with Crippen LogP contribution in [0.1, 0.15) is 31.8 Å². The Morgan fingerprint density at radius 3 is 1.35 bits per heavy atom. The number of anilines is 2. The molecule has 4 aromatic rings. The predicted molar refractivity (Wildman–Crippen MR) is 136 cm³/mol. The van der Waals surface area contributed by atoms with Crippen molar-refractivity contribution < 1.29 is 9.59 Å². The lowest BCUT2D eigenvalue weighted by atomic mass is 10.1. The van der Waals surface area contributed by atoms with Crippen molar-refractivity contribution >= 4 is 58.5 Å². The highest BCUT2D eigenvalue weighted by atomic mass is 35.5. The number of nitrogens with zero attached hydrogens (tertiary/aromatic N) is 2. The van der Waals surface area contributed by atoms with Crippen molar-refractivity contribution in [3.63, 3.8) is 0 Å². The van der Waals surface area contributed by atoms with Crippen molar-refractivity contribution in [3.05, 3.63) is 118 Å². The summed E-state index contributed by atoms with van der Waals surface area (Å²) < 4.78 is 0. The van der Waals surface area contributed by atoms with Gasteiger partial charge in [-0.3, -0.25) is 9.59 Å². The minimum absolute atomic E-state index is 0.236. The molecular weight excluding hydrogens is 471 g/mol. The summed E-state index contributed by atoms with van der Waals surface area (Å²) in [7, 11) is 0. The first-order valence-electron chi connectivity index (χ1n) is 10.2. The van der Waals surface area contributed by atoms with Gasteiger partial charge in [0.1, 0.15) is 0 Å². The summed E-state index contributed by atoms with van der Waals surface area (Å²) in [6.45, 7) is 0. The van der Waals surface area contributed by atoms with Gasteiger partial charge in [0.15, 0.2) is 10.3 Å². The predicted octanol–water partition coefficient (Wildman–Crippen LogP) is 6.46. The van der Waals surface area contributed by atoms with Gasteiger partial charge in [-0.1, -0.05) is 59.6 Å². The molecule has 0 aliphatic rings. The summed E-state index contributed by atoms with van der Waals surface area (Å²) in [5.74, 6) is -0.543. The summed E-state index contributed by atoms with van der Waals surface area (Å²) in [6.07, 6.45) is 6.95. The first-order chi connectivity index (χ1) is 16.5. The summed E-state index contributed by atoms with van der Waals surface area (Å²) in [5.41, 5.74) is 3.76. The molecule has 0 unspecified atom stereocenters. The number of nitrogens with one attached hydrogen (secondary N) is 2. The van der Waals surface area contributed by atoms with Crippen LogP contribution in [0.5, 0.6) is 0 Å². The summed E-state index contributed by atoms with van der Waals surface area (Å²) in [5, 5.41) is 5.95. The highest BCUT2D eigenvalue weighted by molar-refractivity contribution is 6.33. The Hall–Kier alpha value is -4.00. The zero-order chi connectivity index (χ0) is 23.9. The zero-order valence-corrected chi connectivity index (χ0v) is 19.2. The maximum atomic E-state index is 12.4. The Morgan fingerprint density at radius 2 is 1.00 bits per heavy atom. The summed E-state index contributed by atoms with van der Waals surface area (Å²) in [6, 6.07) is 21.1. The van der Waals surface area contributed by atoms with E-state index >= 15 is 0 Å². The van der Waals surface area contributed by atoms with Crippen molar-refractivity contribution in [1.29, 1.82) is 0 Å². The van der Waals surface area contributed by atoms with Crippen LogP contribution in [0.3, 0.4) is 0 Å². The van der Waals surface area contributed by atoms with Crippen molar-refractivity contribution in [2.75, 3.05) is 10.6 Å². The van der Waals surface area contributed by atoms with Crippen LogP contribution in [0.2, 0.25) is 10.3 Å². The minimum Gasteiger partial charge on any atom is -0.319 e. The molecule has 2 aromatic carbocycles. The molecule has 0 saturated heterocycles. The molecule has 2 aromatic heterocycles. The number of carbonyl (C=O) groups is 2. The molecule has 0 bridgehead atoms. The number of hydrogen-bond acceptors (Lipinski definition) is 4. The third-order valence-electron chi connectivity index (χ3n) is 4.83. The van der Waals surface area contributed by atoms with Gasteiger partial charge in [-0.25, -0.2) is 9.97 Å². The molecule has 0 spiro atoms. The summed E-state index contributed by atoms with van der Waals surface area (Å²) in [4.78, 5) is 32.7. The minimum atomic E-state index is -0.271. The van der Waals surface area contributed by atoms with Crippen LogP contribution in [0, 0.1) is 0 Å². The Kier molecular flexibility index (Phi) is 7.32. The van der Waals surface area contributed by atoms with E-state index in [-0.39, 0.29) is 22.1 Å². The number of pyridine rings is 2. The maximum absolute atomic E-state index is 12.4. The molecule has 0 saturated carbocycles. The van der Waals surface area contributed by atoms with Gasteiger partial charge in [0.05, 0.1) is 11.4 Å². The molecule has 0 fully saturated rings. The fourth-order valence-corrected chi connectivity index (χ4v) is 3.36. The van der Waals surface area contributed by atoms with Crippen LogP contribution in [0.15, 0.2) is 85.2 Å². The van der Waals surface area contributed by atoms with Gasteiger partial charge in [-0.2, -0.15) is 0 Å². The largest absolute Gasteiger partial charge is 0.319 e. The topological polar surface area (TPSA) is 84.0 Å². The average Bonchev–Trinajstić information content (AvgIpc) is 2.86. The molecule has 2 N–H and O–H groups in total. The van der Waals surface area contributed by atoms with E-state index in [4.69, 9.17) is 23.2 Å². The van der Waals surface area contributed by atoms with E-state index in [1.54, 1.807) is 60.9 Å². The number of benzene rings is 2. The van der Waals surface area contributed by atoms with E-state index in [9.17, 15) is 9.59 Å². The van der Waals surface area contributed by atoms with E-state index in [1.807, 2.05) is 36.4 Å². The Labute approximate surface area is 206 Å². The molecular formula is C26H18Cl2N4O2. The zero-order valence-electron chi connectivity index (χ0n) is 17.7. The first kappa shape index (κ1) is 23.2. The van der Waals surface area contributed by atoms with Crippen molar-refractivity contribution in [3.8, 4) is 0 Å². The van der Waals surface area contributed by atoms with E-state index < -0.39 is 0 Å². The lowest BCUT2D eigenvalue weighted by molar-refractivity contribution is 0.101. The SMILES string of the molecule is O=C(Nc1cccnc1Cl)c1ccc(C=Cc2ccc(C(=O)Nc3cccnc3Cl)cc2)cc1. The number of hydrogen-bond donors (Lipinski definition) is 2. The van der Waals surface area contributed by atoms with E-state index in [2.05, 4.69) is 20.6 Å². The smallest absolute Gasteiger partial charge is 0.255 e. The van der Waals surface area contributed by atoms with Crippen molar-refractivity contribution in [2.24, 2.45) is 0 Å². The molecule has 34 heavy (non-hydrogen) atoms. The van der Waals surface area contributed by atoms with Crippen molar-refractivity contribution in [1.82, 2.24) is 9.97 Å². The fourth-order valence-electron chi connectivity index (χ4n) is 3.03. The molecule has 0 atom stereocenters. The molecule has 2 heterocycles. The fraction of sp³-hybridized carbons (Fsp3) is 0. The van der Waals surface area contributed by atoms with Crippen LogP contribution in [-0.2, 0) is 0 Å². The average molecular weight is 489 g/mol. The normalized spacial score (nSPS) is 10.8. The van der Waals surface area contributed by atoms with Gasteiger partial charge in [-0.15, -0.1) is 0 Å². The van der Waals surface area contributed by atoms with E-state index in [0.717, 1.165) is 11.1 Å². The quantitative estimate of drug-likeness (QED) is 0.241. The second-order valence-corrected chi connectivity index (χ2v) is 7.89. The molecule has 0 aliphatic carbocycles. The number of carbonyl (C=O) groups excluding carboxylic acids is 2. The van der Waals surface area contributed by atoms with Gasteiger partial charge < -0.3 is 10.6 Å². The number of halogens is 2. The second-order valence-electron chi connectivity index (χ2n) is 7.17. The maximum Gasteiger partial charge on any atom is 0.255 e. The second kappa shape index (κ2) is 10.7. The first-order valence-corrected chi connectivity index (χ1v) is 11.0.